The molecule has 100 valence electrons. The van der Waals surface area contributed by atoms with Crippen molar-refractivity contribution in [3.63, 3.8) is 0 Å². The van der Waals surface area contributed by atoms with Crippen molar-refractivity contribution in [1.82, 2.24) is 4.98 Å². The number of nitrogens with zero attached hydrogens (tertiary/aromatic N) is 2. The Morgan fingerprint density at radius 3 is 2.95 bits per heavy atom. The van der Waals surface area contributed by atoms with Gasteiger partial charge in [0, 0.05) is 13.1 Å². The zero-order chi connectivity index (χ0) is 13.6. The van der Waals surface area contributed by atoms with E-state index in [4.69, 9.17) is 21.4 Å². The van der Waals surface area contributed by atoms with Crippen LogP contribution >= 0.6 is 22.9 Å². The molecule has 0 aliphatic carbocycles. The van der Waals surface area contributed by atoms with Crippen molar-refractivity contribution >= 4 is 44.3 Å². The summed E-state index contributed by atoms with van der Waals surface area (Å²) in [5.74, 6) is -0.380. The molecule has 1 aromatic carbocycles. The van der Waals surface area contributed by atoms with Gasteiger partial charge in [0.1, 0.15) is 11.3 Å². The second kappa shape index (κ2) is 4.54. The summed E-state index contributed by atoms with van der Waals surface area (Å²) < 4.78 is 6.13. The first-order chi connectivity index (χ1) is 9.10. The summed E-state index contributed by atoms with van der Waals surface area (Å²) in [6, 6.07) is 3.56. The van der Waals surface area contributed by atoms with Crippen LogP contribution in [0.2, 0.25) is 5.02 Å². The summed E-state index contributed by atoms with van der Waals surface area (Å²) in [5.41, 5.74) is 0.730. The molecule has 1 aliphatic rings. The van der Waals surface area contributed by atoms with Gasteiger partial charge in [-0.1, -0.05) is 22.9 Å². The maximum Gasteiger partial charge on any atom is 0.310 e. The highest BCUT2D eigenvalue weighted by Gasteiger charge is 2.34. The molecular formula is C12H11ClN2O3S. The molecule has 1 aliphatic heterocycles. The third kappa shape index (κ3) is 2.01. The molecule has 0 unspecified atom stereocenters. The van der Waals surface area contributed by atoms with Gasteiger partial charge in [0.25, 0.3) is 0 Å². The van der Waals surface area contributed by atoms with E-state index in [1.807, 2.05) is 4.90 Å². The number of benzene rings is 1. The number of halogens is 1. The molecule has 1 fully saturated rings. The van der Waals surface area contributed by atoms with Crippen molar-refractivity contribution in [2.75, 3.05) is 25.1 Å². The first-order valence-electron chi connectivity index (χ1n) is 5.71. The minimum Gasteiger partial charge on any atom is -0.494 e. The molecule has 0 atom stereocenters. The van der Waals surface area contributed by atoms with Crippen LogP contribution in [0.25, 0.3) is 10.2 Å². The van der Waals surface area contributed by atoms with Crippen LogP contribution in [0.4, 0.5) is 5.13 Å². The van der Waals surface area contributed by atoms with Crippen molar-refractivity contribution in [2.24, 2.45) is 5.92 Å². The zero-order valence-corrected chi connectivity index (χ0v) is 11.7. The van der Waals surface area contributed by atoms with Gasteiger partial charge < -0.3 is 14.7 Å². The number of carboxylic acid groups (broad SMARTS) is 1. The molecule has 19 heavy (non-hydrogen) atoms. The summed E-state index contributed by atoms with van der Waals surface area (Å²) in [4.78, 5) is 17.2. The van der Waals surface area contributed by atoms with Gasteiger partial charge in [0.15, 0.2) is 5.13 Å². The molecule has 0 saturated carbocycles. The summed E-state index contributed by atoms with van der Waals surface area (Å²) in [7, 11) is 1.59. The van der Waals surface area contributed by atoms with Crippen LogP contribution in [0.3, 0.4) is 0 Å². The second-order valence-electron chi connectivity index (χ2n) is 4.36. The van der Waals surface area contributed by atoms with Crippen molar-refractivity contribution in [3.05, 3.63) is 17.2 Å². The molecule has 3 rings (SSSR count). The predicted molar refractivity (Wildman–Crippen MR) is 74.5 cm³/mol. The molecule has 1 aromatic heterocycles. The molecule has 5 nitrogen and oxygen atoms in total. The van der Waals surface area contributed by atoms with E-state index in [0.717, 1.165) is 15.3 Å². The minimum atomic E-state index is -0.757. The largest absolute Gasteiger partial charge is 0.494 e. The summed E-state index contributed by atoms with van der Waals surface area (Å²) in [5, 5.41) is 10.3. The Hall–Kier alpha value is -1.53. The zero-order valence-electron chi connectivity index (χ0n) is 10.1. The van der Waals surface area contributed by atoms with E-state index >= 15 is 0 Å². The van der Waals surface area contributed by atoms with Crippen molar-refractivity contribution < 1.29 is 14.6 Å². The molecule has 0 spiro atoms. The first kappa shape index (κ1) is 12.5. The molecule has 1 saturated heterocycles. The fourth-order valence-corrected chi connectivity index (χ4v) is 3.31. The van der Waals surface area contributed by atoms with E-state index in [1.54, 1.807) is 19.2 Å². The number of carboxylic acids is 1. The van der Waals surface area contributed by atoms with Crippen LogP contribution in [0.1, 0.15) is 0 Å². The van der Waals surface area contributed by atoms with Crippen molar-refractivity contribution in [3.8, 4) is 5.75 Å². The average Bonchev–Trinajstić information content (AvgIpc) is 2.72. The molecule has 0 radical (unpaired) electrons. The van der Waals surface area contributed by atoms with Crippen molar-refractivity contribution in [1.29, 1.82) is 0 Å². The molecule has 1 N–H and O–H groups in total. The van der Waals surface area contributed by atoms with E-state index in [-0.39, 0.29) is 5.92 Å². The molecule has 0 amide bonds. The van der Waals surface area contributed by atoms with Crippen LogP contribution in [0.15, 0.2) is 12.1 Å². The number of thiazole rings is 1. The van der Waals surface area contributed by atoms with Gasteiger partial charge in [-0.3, -0.25) is 4.79 Å². The second-order valence-corrected chi connectivity index (χ2v) is 5.75. The molecule has 0 bridgehead atoms. The third-order valence-electron chi connectivity index (χ3n) is 3.17. The normalized spacial score (nSPS) is 15.6. The molecule has 7 heteroatoms. The molecule has 2 heterocycles. The van der Waals surface area contributed by atoms with Crippen LogP contribution in [0, 0.1) is 5.92 Å². The first-order valence-corrected chi connectivity index (χ1v) is 6.90. The van der Waals surface area contributed by atoms with Gasteiger partial charge in [-0.05, 0) is 12.1 Å². The Morgan fingerprint density at radius 2 is 2.32 bits per heavy atom. The number of rotatable bonds is 3. The van der Waals surface area contributed by atoms with E-state index in [1.165, 1.54) is 11.3 Å². The highest BCUT2D eigenvalue weighted by Crippen LogP contribution is 2.40. The average molecular weight is 299 g/mol. The fourth-order valence-electron chi connectivity index (χ4n) is 2.03. The number of ether oxygens (including phenoxy) is 1. The van der Waals surface area contributed by atoms with Gasteiger partial charge in [-0.15, -0.1) is 0 Å². The highest BCUT2D eigenvalue weighted by molar-refractivity contribution is 7.22. The molecular weight excluding hydrogens is 288 g/mol. The lowest BCUT2D eigenvalue weighted by Gasteiger charge is -2.36. The number of anilines is 1. The quantitative estimate of drug-likeness (QED) is 0.943. The highest BCUT2D eigenvalue weighted by atomic mass is 35.5. The topological polar surface area (TPSA) is 62.7 Å². The Morgan fingerprint density at radius 1 is 1.58 bits per heavy atom. The maximum absolute atomic E-state index is 10.8. The van der Waals surface area contributed by atoms with Crippen molar-refractivity contribution in [2.45, 2.75) is 0 Å². The maximum atomic E-state index is 10.8. The predicted octanol–water partition coefficient (Wildman–Crippen LogP) is 2.48. The Labute approximate surface area is 118 Å². The number of carbonyl (C=O) groups is 1. The van der Waals surface area contributed by atoms with Gasteiger partial charge in [0.05, 0.1) is 22.8 Å². The minimum absolute atomic E-state index is 0.302. The van der Waals surface area contributed by atoms with Gasteiger partial charge in [0.2, 0.25) is 0 Å². The Kier molecular flexibility index (Phi) is 2.99. The van der Waals surface area contributed by atoms with Crippen LogP contribution in [0.5, 0.6) is 5.75 Å². The standard InChI is InChI=1S/C12H11ClN2O3S/c1-18-8-3-2-7(13)10-9(8)14-12(19-10)15-4-6(5-15)11(16)17/h2-3,6H,4-5H2,1H3,(H,16,17). The lowest BCUT2D eigenvalue weighted by Crippen LogP contribution is -2.50. The van der Waals surface area contributed by atoms with E-state index in [9.17, 15) is 4.79 Å². The monoisotopic (exact) mass is 298 g/mol. The van der Waals surface area contributed by atoms with Gasteiger partial charge >= 0.3 is 5.97 Å². The fraction of sp³-hybridized carbons (Fsp3) is 0.333. The number of hydrogen-bond acceptors (Lipinski definition) is 5. The van der Waals surface area contributed by atoms with Crippen LogP contribution < -0.4 is 9.64 Å². The van der Waals surface area contributed by atoms with Gasteiger partial charge in [-0.25, -0.2) is 4.98 Å². The Bertz CT molecular complexity index is 652. The summed E-state index contributed by atoms with van der Waals surface area (Å²) >= 11 is 7.61. The number of methoxy groups -OCH3 is 1. The summed E-state index contributed by atoms with van der Waals surface area (Å²) in [6.07, 6.45) is 0. The number of fused-ring (bicyclic) bond motifs is 1. The van der Waals surface area contributed by atoms with Crippen LogP contribution in [-0.4, -0.2) is 36.3 Å². The number of aliphatic carboxylic acids is 1. The van der Waals surface area contributed by atoms with Crippen LogP contribution in [-0.2, 0) is 4.79 Å². The lowest BCUT2D eigenvalue weighted by atomic mass is 10.0. The number of hydrogen-bond donors (Lipinski definition) is 1. The van der Waals surface area contributed by atoms with E-state index in [2.05, 4.69) is 4.98 Å². The van der Waals surface area contributed by atoms with E-state index in [0.29, 0.717) is 23.9 Å². The smallest absolute Gasteiger partial charge is 0.310 e. The summed E-state index contributed by atoms with van der Waals surface area (Å²) in [6.45, 7) is 0.990. The Balaban J connectivity index is 1.94. The van der Waals surface area contributed by atoms with E-state index < -0.39 is 5.97 Å². The lowest BCUT2D eigenvalue weighted by molar-refractivity contribution is -0.142. The SMILES string of the molecule is COc1ccc(Cl)c2sc(N3CC(C(=O)O)C3)nc12. The third-order valence-corrected chi connectivity index (χ3v) is 4.74. The number of aromatic nitrogens is 1. The van der Waals surface area contributed by atoms with Gasteiger partial charge in [-0.2, -0.15) is 0 Å². The molecule has 2 aromatic rings.